The first-order valence-corrected chi connectivity index (χ1v) is 16.4. The smallest absolute Gasteiger partial charge is 0.355 e. The normalized spacial score (nSPS) is 37.5. The van der Waals surface area contributed by atoms with Crippen molar-refractivity contribution in [2.45, 2.75) is 107 Å². The second-order valence-electron chi connectivity index (χ2n) is 10.5. The molecule has 0 aromatic carbocycles. The van der Waals surface area contributed by atoms with Crippen molar-refractivity contribution in [1.29, 1.82) is 0 Å². The quantitative estimate of drug-likeness (QED) is 0.187. The number of hydrogen-bond acceptors (Lipinski definition) is 10. The van der Waals surface area contributed by atoms with Crippen LogP contribution in [-0.4, -0.2) is 87.8 Å². The number of nitrogens with one attached hydrogen (secondary N) is 4. The van der Waals surface area contributed by atoms with Gasteiger partial charge in [0.25, 0.3) is 0 Å². The minimum atomic E-state index is -4.86. The third kappa shape index (κ3) is 8.48. The van der Waals surface area contributed by atoms with Gasteiger partial charge in [-0.1, -0.05) is 44.9 Å². The first-order chi connectivity index (χ1) is 17.5. The molecule has 0 bridgehead atoms. The average molecular weight is 572 g/mol. The Kier molecular flexibility index (Phi) is 10.6. The van der Waals surface area contributed by atoms with Gasteiger partial charge in [-0.25, -0.2) is 14.0 Å². The Balaban J connectivity index is 1.46. The fourth-order valence-corrected chi connectivity index (χ4v) is 7.08. The van der Waals surface area contributed by atoms with Gasteiger partial charge in [0.15, 0.2) is 0 Å². The highest BCUT2D eigenvalue weighted by atomic mass is 31.2. The lowest BCUT2D eigenvalue weighted by atomic mass is 9.88. The second-order valence-corrected chi connectivity index (χ2v) is 13.0. The van der Waals surface area contributed by atoms with Crippen molar-refractivity contribution in [3.8, 4) is 0 Å². The summed E-state index contributed by atoms with van der Waals surface area (Å²) in [6.45, 7) is -0.0986. The zero-order valence-corrected chi connectivity index (χ0v) is 23.1. The molecule has 3 aliphatic heterocycles. The molecule has 4 aliphatic rings. The number of fused-ring (bicyclic) bond motifs is 1. The van der Waals surface area contributed by atoms with Gasteiger partial charge >= 0.3 is 15.6 Å². The maximum absolute atomic E-state index is 11.6. The maximum Gasteiger partial charge on any atom is 0.469 e. The van der Waals surface area contributed by atoms with Gasteiger partial charge in [0.05, 0.1) is 37.8 Å². The minimum absolute atomic E-state index is 0.00376. The molecule has 1 saturated carbocycles. The Labute approximate surface area is 218 Å². The maximum atomic E-state index is 11.6. The molecule has 4 rings (SSSR count). The highest BCUT2D eigenvalue weighted by molar-refractivity contribution is 7.46. The van der Waals surface area contributed by atoms with Crippen LogP contribution in [-0.2, 0) is 22.9 Å². The number of phosphoric acid groups is 2. The Bertz CT molecular complexity index is 822. The zero-order chi connectivity index (χ0) is 26.6. The summed E-state index contributed by atoms with van der Waals surface area (Å²) in [6, 6.07) is -0.00376. The van der Waals surface area contributed by atoms with E-state index in [1.807, 2.05) is 7.05 Å². The Morgan fingerprint density at radius 3 is 2.22 bits per heavy atom. The van der Waals surface area contributed by atoms with Crippen molar-refractivity contribution in [2.75, 3.05) is 20.3 Å². The Morgan fingerprint density at radius 1 is 0.973 bits per heavy atom. The summed E-state index contributed by atoms with van der Waals surface area (Å²) in [4.78, 5) is 39.0. The molecular formula is C21H43N5O9P2. The van der Waals surface area contributed by atoms with Crippen LogP contribution in [0.1, 0.15) is 64.2 Å². The van der Waals surface area contributed by atoms with Gasteiger partial charge in [0.2, 0.25) is 0 Å². The van der Waals surface area contributed by atoms with Gasteiger partial charge in [-0.3, -0.25) is 25.0 Å². The zero-order valence-electron chi connectivity index (χ0n) is 21.3. The van der Waals surface area contributed by atoms with Crippen LogP contribution >= 0.6 is 15.6 Å². The first kappa shape index (κ1) is 30.0. The first-order valence-electron chi connectivity index (χ1n) is 13.3. The van der Waals surface area contributed by atoms with Gasteiger partial charge < -0.3 is 29.6 Å². The van der Waals surface area contributed by atoms with E-state index in [1.165, 1.54) is 44.9 Å². The summed E-state index contributed by atoms with van der Waals surface area (Å²) in [5.41, 5.74) is 0. The number of hydrogen-bond donors (Lipinski definition) is 8. The van der Waals surface area contributed by atoms with Gasteiger partial charge in [-0.2, -0.15) is 0 Å². The number of ether oxygens (including phenoxy) is 1. The van der Waals surface area contributed by atoms with E-state index < -0.39 is 40.7 Å². The number of likely N-dealkylation sites (N-methyl/N-ethyl adjacent to an activating group) is 1. The van der Waals surface area contributed by atoms with Crippen LogP contribution in [0.3, 0.4) is 0 Å². The summed E-state index contributed by atoms with van der Waals surface area (Å²) in [5.74, 6) is 0.469. The average Bonchev–Trinajstić information content (AvgIpc) is 3.42. The molecule has 4 fully saturated rings. The van der Waals surface area contributed by atoms with Crippen LogP contribution in [0.15, 0.2) is 0 Å². The van der Waals surface area contributed by atoms with Crippen LogP contribution < -0.4 is 21.3 Å². The summed E-state index contributed by atoms with van der Waals surface area (Å²) in [6.07, 6.45) is 8.44. The summed E-state index contributed by atoms with van der Waals surface area (Å²) in [7, 11) is -7.74. The van der Waals surface area contributed by atoms with E-state index in [4.69, 9.17) is 19.0 Å². The molecule has 0 aromatic heterocycles. The molecular weight excluding hydrogens is 528 g/mol. The van der Waals surface area contributed by atoms with Crippen molar-refractivity contribution >= 4 is 15.6 Å². The second kappa shape index (κ2) is 13.1. The van der Waals surface area contributed by atoms with Crippen LogP contribution in [0.5, 0.6) is 0 Å². The molecule has 7 atom stereocenters. The van der Waals surface area contributed by atoms with Gasteiger partial charge in [0, 0.05) is 6.42 Å². The molecule has 216 valence electrons. The Morgan fingerprint density at radius 2 is 1.62 bits per heavy atom. The molecule has 0 aromatic rings. The highest BCUT2D eigenvalue weighted by Crippen LogP contribution is 2.44. The predicted octanol–water partition coefficient (Wildman–Crippen LogP) is 0.451. The number of nitrogens with zero attached hydrogens (tertiary/aromatic N) is 1. The van der Waals surface area contributed by atoms with E-state index >= 15 is 0 Å². The molecule has 1 aliphatic carbocycles. The van der Waals surface area contributed by atoms with Crippen LogP contribution in [0.2, 0.25) is 0 Å². The summed E-state index contributed by atoms with van der Waals surface area (Å²) in [5, 5.41) is 14.4. The molecule has 16 heteroatoms. The molecule has 5 unspecified atom stereocenters. The molecule has 3 heterocycles. The molecule has 0 amide bonds. The fourth-order valence-electron chi connectivity index (χ4n) is 6.16. The van der Waals surface area contributed by atoms with E-state index in [-0.39, 0.29) is 31.0 Å². The van der Waals surface area contributed by atoms with E-state index in [0.717, 1.165) is 12.8 Å². The van der Waals surface area contributed by atoms with Crippen LogP contribution in [0.25, 0.3) is 0 Å². The third-order valence-corrected chi connectivity index (χ3v) is 8.97. The molecule has 0 radical (unpaired) electrons. The lowest BCUT2D eigenvalue weighted by Gasteiger charge is -2.46. The van der Waals surface area contributed by atoms with E-state index in [9.17, 15) is 18.9 Å². The lowest BCUT2D eigenvalue weighted by molar-refractivity contribution is -0.0924. The van der Waals surface area contributed by atoms with Crippen molar-refractivity contribution in [1.82, 2.24) is 26.2 Å². The van der Waals surface area contributed by atoms with Gasteiger partial charge in [-0.15, -0.1) is 0 Å². The van der Waals surface area contributed by atoms with Crippen molar-refractivity contribution < 1.29 is 42.5 Å². The van der Waals surface area contributed by atoms with Gasteiger partial charge in [0.1, 0.15) is 18.4 Å². The molecule has 37 heavy (non-hydrogen) atoms. The monoisotopic (exact) mass is 571 g/mol. The van der Waals surface area contributed by atoms with Crippen molar-refractivity contribution in [2.24, 2.45) is 5.92 Å². The molecule has 3 saturated heterocycles. The van der Waals surface area contributed by atoms with Gasteiger partial charge in [-0.05, 0) is 25.8 Å². The highest BCUT2D eigenvalue weighted by Gasteiger charge is 2.51. The largest absolute Gasteiger partial charge is 0.469 e. The predicted molar refractivity (Wildman–Crippen MR) is 134 cm³/mol. The summed E-state index contributed by atoms with van der Waals surface area (Å²) >= 11 is 0. The number of rotatable bonds is 8. The topological polar surface area (TPSA) is 194 Å². The third-order valence-electron chi connectivity index (χ3n) is 7.94. The Hall–Kier alpha value is -0.0200. The van der Waals surface area contributed by atoms with Crippen LogP contribution in [0, 0.1) is 5.92 Å². The summed E-state index contributed by atoms with van der Waals surface area (Å²) < 4.78 is 38.3. The number of phosphoric ester groups is 2. The minimum Gasteiger partial charge on any atom is -0.355 e. The van der Waals surface area contributed by atoms with Crippen LogP contribution in [0.4, 0.5) is 0 Å². The molecule has 8 N–H and O–H groups in total. The molecule has 0 spiro atoms. The molecule has 14 nitrogen and oxygen atoms in total. The van der Waals surface area contributed by atoms with E-state index in [2.05, 4.69) is 30.7 Å². The fraction of sp³-hybridized carbons (Fsp3) is 1.00. The SMILES string of the molecule is CNC1NC(C2CCCCCCCCC2)NC2C1NCN2C1C[C@H](OP(=O)(O)O)[C@@H](COP(=O)(O)O)O1. The van der Waals surface area contributed by atoms with E-state index in [0.29, 0.717) is 12.6 Å². The van der Waals surface area contributed by atoms with E-state index in [1.54, 1.807) is 0 Å². The van der Waals surface area contributed by atoms with Crippen molar-refractivity contribution in [3.05, 3.63) is 0 Å². The lowest BCUT2D eigenvalue weighted by Crippen LogP contribution is -2.73. The standard InChI is InChI=1S/C21H43N5O9P2/c1-22-20-18-21(25-19(24-20)14-9-7-5-3-2-4-6-8-10-14)26(13-23-18)17-11-15(35-37(30,31)32)16(34-17)12-33-36(27,28)29/h14-25H,2-13H2,1H3,(H2,27,28,29)(H2,30,31,32)/t15-,16+,17?,18?,19?,20?,21?/m0/s1. The van der Waals surface area contributed by atoms with Crippen molar-refractivity contribution in [3.63, 3.8) is 0 Å².